The fraction of sp³-hybridized carbons (Fsp3) is 0.0909. The zero-order valence-electron chi connectivity index (χ0n) is 9.85. The predicted octanol–water partition coefficient (Wildman–Crippen LogP) is 0.954. The molecule has 8 heteroatoms. The summed E-state index contributed by atoms with van der Waals surface area (Å²) in [4.78, 5) is 19.0. The molecule has 1 rings (SSSR count). The number of carboxylic acids is 2. The van der Waals surface area contributed by atoms with E-state index in [2.05, 4.69) is 0 Å². The Morgan fingerprint density at radius 2 is 1.37 bits per heavy atom. The Morgan fingerprint density at radius 3 is 1.63 bits per heavy atom. The van der Waals surface area contributed by atoms with Crippen molar-refractivity contribution < 1.29 is 32.8 Å². The van der Waals surface area contributed by atoms with Gasteiger partial charge in [0.2, 0.25) is 0 Å². The molecule has 0 aliphatic rings. The maximum absolute atomic E-state index is 10.5. The summed E-state index contributed by atoms with van der Waals surface area (Å²) in [6.45, 7) is 1.84. The highest BCUT2D eigenvalue weighted by Crippen LogP contribution is 2.08. The van der Waals surface area contributed by atoms with Gasteiger partial charge in [0.15, 0.2) is 0 Å². The molecule has 0 radical (unpaired) electrons. The molecule has 0 atom stereocenters. The van der Waals surface area contributed by atoms with E-state index in [9.17, 15) is 18.0 Å². The first-order chi connectivity index (χ1) is 8.62. The molecule has 1 aromatic rings. The smallest absolute Gasteiger partial charge is 0.328 e. The Labute approximate surface area is 109 Å². The van der Waals surface area contributed by atoms with Crippen LogP contribution in [0.3, 0.4) is 0 Å². The molecule has 104 valence electrons. The van der Waals surface area contributed by atoms with Crippen molar-refractivity contribution in [2.24, 2.45) is 0 Å². The largest absolute Gasteiger partial charge is 0.478 e. The van der Waals surface area contributed by atoms with Gasteiger partial charge >= 0.3 is 11.9 Å². The van der Waals surface area contributed by atoms with Crippen molar-refractivity contribution in [1.29, 1.82) is 0 Å². The first kappa shape index (κ1) is 16.8. The summed E-state index contributed by atoms with van der Waals surface area (Å²) >= 11 is 0. The van der Waals surface area contributed by atoms with E-state index in [-0.39, 0.29) is 4.90 Å². The van der Waals surface area contributed by atoms with Gasteiger partial charge in [0.25, 0.3) is 10.1 Å². The zero-order chi connectivity index (χ0) is 15.1. The standard InChI is InChI=1S/C7H8O3S.C4H4O4/c1-6-2-4-7(5-3-6)11(8,9)10;5-3(6)1-2-4(7)8/h2-5H,1H3,(H,8,9,10);1-2H,(H,5,6)(H,7,8)/b;2-1-. The molecule has 0 bridgehead atoms. The second-order valence-corrected chi connectivity index (χ2v) is 4.72. The quantitative estimate of drug-likeness (QED) is 0.557. The lowest BCUT2D eigenvalue weighted by Gasteiger charge is -1.95. The van der Waals surface area contributed by atoms with Crippen molar-refractivity contribution in [2.75, 3.05) is 0 Å². The summed E-state index contributed by atoms with van der Waals surface area (Å²) in [5.41, 5.74) is 0.956. The summed E-state index contributed by atoms with van der Waals surface area (Å²) in [6.07, 6.45) is 1.12. The first-order valence-electron chi connectivity index (χ1n) is 4.81. The molecule has 0 aliphatic carbocycles. The number of hydrogen-bond acceptors (Lipinski definition) is 4. The van der Waals surface area contributed by atoms with Gasteiger partial charge in [0, 0.05) is 12.2 Å². The van der Waals surface area contributed by atoms with Crippen LogP contribution in [0.5, 0.6) is 0 Å². The third-order valence-electron chi connectivity index (χ3n) is 1.69. The third kappa shape index (κ3) is 8.52. The highest BCUT2D eigenvalue weighted by Gasteiger charge is 2.06. The maximum Gasteiger partial charge on any atom is 0.328 e. The molecule has 0 aromatic heterocycles. The molecule has 0 spiro atoms. The van der Waals surface area contributed by atoms with Crippen LogP contribution in [0.25, 0.3) is 0 Å². The van der Waals surface area contributed by atoms with Crippen molar-refractivity contribution in [3.8, 4) is 0 Å². The fourth-order valence-electron chi connectivity index (χ4n) is 0.853. The molecule has 0 heterocycles. The topological polar surface area (TPSA) is 129 Å². The van der Waals surface area contributed by atoms with E-state index in [1.165, 1.54) is 12.1 Å². The van der Waals surface area contributed by atoms with Crippen LogP contribution in [0.4, 0.5) is 0 Å². The summed E-state index contributed by atoms with van der Waals surface area (Å²) in [6, 6.07) is 5.99. The first-order valence-corrected chi connectivity index (χ1v) is 6.25. The van der Waals surface area contributed by atoms with Gasteiger partial charge in [0.1, 0.15) is 0 Å². The van der Waals surface area contributed by atoms with E-state index in [1.807, 2.05) is 6.92 Å². The van der Waals surface area contributed by atoms with Crippen LogP contribution >= 0.6 is 0 Å². The van der Waals surface area contributed by atoms with E-state index in [0.717, 1.165) is 5.56 Å². The Morgan fingerprint density at radius 1 is 1.00 bits per heavy atom. The number of carboxylic acid groups (broad SMARTS) is 2. The molecular formula is C11H12O7S. The van der Waals surface area contributed by atoms with Crippen LogP contribution < -0.4 is 0 Å². The monoisotopic (exact) mass is 288 g/mol. The molecule has 0 amide bonds. The lowest BCUT2D eigenvalue weighted by molar-refractivity contribution is -0.134. The van der Waals surface area contributed by atoms with Gasteiger partial charge in [0.05, 0.1) is 4.90 Å². The molecule has 0 fully saturated rings. The fourth-order valence-corrected chi connectivity index (χ4v) is 1.33. The molecule has 0 saturated heterocycles. The van der Waals surface area contributed by atoms with Gasteiger partial charge in [-0.3, -0.25) is 4.55 Å². The molecular weight excluding hydrogens is 276 g/mol. The second-order valence-electron chi connectivity index (χ2n) is 3.30. The summed E-state index contributed by atoms with van der Waals surface area (Å²) < 4.78 is 29.6. The van der Waals surface area contributed by atoms with Crippen molar-refractivity contribution in [1.82, 2.24) is 0 Å². The van der Waals surface area contributed by atoms with Crippen LogP contribution in [-0.2, 0) is 19.7 Å². The van der Waals surface area contributed by atoms with Crippen LogP contribution in [0.2, 0.25) is 0 Å². The Kier molecular flexibility index (Phi) is 6.45. The van der Waals surface area contributed by atoms with E-state index in [1.54, 1.807) is 12.1 Å². The number of aryl methyl sites for hydroxylation is 1. The average Bonchev–Trinajstić information content (AvgIpc) is 2.26. The van der Waals surface area contributed by atoms with E-state index < -0.39 is 22.1 Å². The maximum atomic E-state index is 10.5. The molecule has 19 heavy (non-hydrogen) atoms. The van der Waals surface area contributed by atoms with Gasteiger partial charge in [-0.25, -0.2) is 9.59 Å². The zero-order valence-corrected chi connectivity index (χ0v) is 10.7. The minimum absolute atomic E-state index is 0.0666. The van der Waals surface area contributed by atoms with Gasteiger partial charge in [-0.2, -0.15) is 8.42 Å². The highest BCUT2D eigenvalue weighted by molar-refractivity contribution is 7.85. The molecule has 0 unspecified atom stereocenters. The Hall–Kier alpha value is -2.19. The minimum atomic E-state index is -4.02. The van der Waals surface area contributed by atoms with Crippen molar-refractivity contribution in [3.63, 3.8) is 0 Å². The average molecular weight is 288 g/mol. The number of carbonyl (C=O) groups is 2. The summed E-state index contributed by atoms with van der Waals surface area (Å²) in [5, 5.41) is 15.6. The second kappa shape index (κ2) is 7.29. The lowest BCUT2D eigenvalue weighted by Crippen LogP contribution is -1.96. The Bertz CT molecular complexity index is 554. The minimum Gasteiger partial charge on any atom is -0.478 e. The van der Waals surface area contributed by atoms with Gasteiger partial charge in [-0.15, -0.1) is 0 Å². The molecule has 0 aliphatic heterocycles. The highest BCUT2D eigenvalue weighted by atomic mass is 32.2. The third-order valence-corrected chi connectivity index (χ3v) is 2.56. The van der Waals surface area contributed by atoms with Crippen molar-refractivity contribution >= 4 is 22.1 Å². The van der Waals surface area contributed by atoms with Gasteiger partial charge in [-0.05, 0) is 19.1 Å². The summed E-state index contributed by atoms with van der Waals surface area (Å²) in [7, 11) is -4.02. The van der Waals surface area contributed by atoms with Crippen LogP contribution in [0.15, 0.2) is 41.3 Å². The number of rotatable bonds is 3. The summed E-state index contributed by atoms with van der Waals surface area (Å²) in [5.74, 6) is -2.51. The number of aliphatic carboxylic acids is 2. The Balaban J connectivity index is 0.000000362. The van der Waals surface area contributed by atoms with E-state index >= 15 is 0 Å². The van der Waals surface area contributed by atoms with E-state index in [0.29, 0.717) is 12.2 Å². The molecule has 7 nitrogen and oxygen atoms in total. The van der Waals surface area contributed by atoms with Crippen LogP contribution in [0, 0.1) is 6.92 Å². The van der Waals surface area contributed by atoms with Gasteiger partial charge in [-0.1, -0.05) is 17.7 Å². The molecule has 1 aromatic carbocycles. The SMILES string of the molecule is Cc1ccc(S(=O)(=O)O)cc1.O=C(O)/C=C\C(=O)O. The van der Waals surface area contributed by atoms with E-state index in [4.69, 9.17) is 14.8 Å². The number of benzene rings is 1. The van der Waals surface area contributed by atoms with Crippen molar-refractivity contribution in [3.05, 3.63) is 42.0 Å². The normalized spacial score (nSPS) is 10.6. The number of hydrogen-bond donors (Lipinski definition) is 3. The van der Waals surface area contributed by atoms with Crippen molar-refractivity contribution in [2.45, 2.75) is 11.8 Å². The van der Waals surface area contributed by atoms with Crippen LogP contribution in [-0.4, -0.2) is 35.1 Å². The molecule has 0 saturated carbocycles. The molecule has 3 N–H and O–H groups in total. The van der Waals surface area contributed by atoms with Crippen LogP contribution in [0.1, 0.15) is 5.56 Å². The lowest BCUT2D eigenvalue weighted by atomic mass is 10.2. The van der Waals surface area contributed by atoms with Gasteiger partial charge < -0.3 is 10.2 Å². The predicted molar refractivity (Wildman–Crippen MR) is 65.4 cm³/mol.